The molecule has 1 aliphatic heterocycles. The Labute approximate surface area is 186 Å². The molecule has 0 N–H and O–H groups in total. The normalized spacial score (nSPS) is 17.2. The number of hydrogen-bond acceptors (Lipinski definition) is 4. The van der Waals surface area contributed by atoms with Crippen molar-refractivity contribution in [2.45, 2.75) is 31.3 Å². The Morgan fingerprint density at radius 1 is 1.19 bits per heavy atom. The van der Waals surface area contributed by atoms with E-state index in [0.717, 1.165) is 40.7 Å². The van der Waals surface area contributed by atoms with Gasteiger partial charge in [-0.15, -0.1) is 0 Å². The molecule has 2 aromatic heterocycles. The smallest absolute Gasteiger partial charge is 0.238 e. The van der Waals surface area contributed by atoms with Crippen molar-refractivity contribution in [2.24, 2.45) is 0 Å². The molecular weight excluding hydrogens is 436 g/mol. The molecule has 1 spiro atoms. The fourth-order valence-corrected chi connectivity index (χ4v) is 5.46. The SMILES string of the molecule is CN(C)S(=O)(=O)CCn1c(CN2C(=O)C3(CC3)c3ccncc32)cc2cc(Cl)ccc21. The summed E-state index contributed by atoms with van der Waals surface area (Å²) in [6, 6.07) is 9.49. The first-order valence-electron chi connectivity index (χ1n) is 10.2. The second-order valence-electron chi connectivity index (χ2n) is 8.46. The summed E-state index contributed by atoms with van der Waals surface area (Å²) in [6.07, 6.45) is 5.21. The molecule has 3 heterocycles. The maximum absolute atomic E-state index is 13.3. The maximum Gasteiger partial charge on any atom is 0.238 e. The second kappa shape index (κ2) is 7.05. The number of aromatic nitrogens is 2. The summed E-state index contributed by atoms with van der Waals surface area (Å²) in [5.74, 6) is 0.0707. The van der Waals surface area contributed by atoms with Gasteiger partial charge in [-0.3, -0.25) is 9.78 Å². The van der Waals surface area contributed by atoms with E-state index in [1.54, 1.807) is 23.4 Å². The lowest BCUT2D eigenvalue weighted by Gasteiger charge is -2.20. The average Bonchev–Trinajstić information content (AvgIpc) is 3.42. The quantitative estimate of drug-likeness (QED) is 0.568. The summed E-state index contributed by atoms with van der Waals surface area (Å²) < 4.78 is 28.0. The number of halogens is 1. The molecule has 5 rings (SSSR count). The van der Waals surface area contributed by atoms with Crippen LogP contribution in [0.1, 0.15) is 24.1 Å². The number of fused-ring (bicyclic) bond motifs is 3. The van der Waals surface area contributed by atoms with E-state index in [9.17, 15) is 13.2 Å². The van der Waals surface area contributed by atoms with Crippen molar-refractivity contribution in [3.05, 3.63) is 59.0 Å². The fraction of sp³-hybridized carbons (Fsp3) is 0.364. The van der Waals surface area contributed by atoms with E-state index in [1.807, 2.05) is 28.8 Å². The lowest BCUT2D eigenvalue weighted by atomic mass is 9.99. The molecule has 1 aromatic carbocycles. The highest BCUT2D eigenvalue weighted by Gasteiger charge is 2.59. The van der Waals surface area contributed by atoms with Crippen LogP contribution in [-0.4, -0.2) is 48.0 Å². The number of sulfonamides is 1. The van der Waals surface area contributed by atoms with Gasteiger partial charge in [0, 0.05) is 48.5 Å². The lowest BCUT2D eigenvalue weighted by Crippen LogP contribution is -2.33. The molecular formula is C22H23ClN4O3S. The number of pyridine rings is 1. The number of amides is 1. The molecule has 0 radical (unpaired) electrons. The van der Waals surface area contributed by atoms with E-state index in [-0.39, 0.29) is 18.2 Å². The van der Waals surface area contributed by atoms with E-state index in [4.69, 9.17) is 11.6 Å². The van der Waals surface area contributed by atoms with E-state index in [2.05, 4.69) is 4.98 Å². The van der Waals surface area contributed by atoms with Crippen LogP contribution >= 0.6 is 11.6 Å². The molecule has 0 saturated heterocycles. The Balaban J connectivity index is 1.55. The van der Waals surface area contributed by atoms with Crippen LogP contribution in [0.15, 0.2) is 42.7 Å². The van der Waals surface area contributed by atoms with Gasteiger partial charge < -0.3 is 9.47 Å². The zero-order valence-corrected chi connectivity index (χ0v) is 18.9. The van der Waals surface area contributed by atoms with Crippen LogP contribution in [0, 0.1) is 0 Å². The summed E-state index contributed by atoms with van der Waals surface area (Å²) in [7, 11) is -0.300. The zero-order valence-electron chi connectivity index (χ0n) is 17.4. The summed E-state index contributed by atoms with van der Waals surface area (Å²) in [5.41, 5.74) is 3.26. The number of carbonyl (C=O) groups excluding carboxylic acids is 1. The van der Waals surface area contributed by atoms with Crippen LogP contribution in [0.4, 0.5) is 5.69 Å². The highest BCUT2D eigenvalue weighted by atomic mass is 35.5. The van der Waals surface area contributed by atoms with Gasteiger partial charge in [-0.05, 0) is 48.7 Å². The number of aryl methyl sites for hydroxylation is 1. The van der Waals surface area contributed by atoms with Crippen molar-refractivity contribution in [3.63, 3.8) is 0 Å². The molecule has 2 aliphatic rings. The molecule has 1 aliphatic carbocycles. The van der Waals surface area contributed by atoms with Crippen LogP contribution in [-0.2, 0) is 33.3 Å². The summed E-state index contributed by atoms with van der Waals surface area (Å²) in [6.45, 7) is 0.641. The largest absolute Gasteiger partial charge is 0.342 e. The van der Waals surface area contributed by atoms with Gasteiger partial charge in [0.25, 0.3) is 0 Å². The van der Waals surface area contributed by atoms with Crippen molar-refractivity contribution in [1.82, 2.24) is 13.9 Å². The number of rotatable bonds is 6. The third-order valence-electron chi connectivity index (χ3n) is 6.41. The molecule has 9 heteroatoms. The Kier molecular flexibility index (Phi) is 4.66. The van der Waals surface area contributed by atoms with Gasteiger partial charge >= 0.3 is 0 Å². The van der Waals surface area contributed by atoms with Gasteiger partial charge in [-0.25, -0.2) is 12.7 Å². The first-order valence-corrected chi connectivity index (χ1v) is 12.2. The molecule has 0 unspecified atom stereocenters. The molecule has 3 aromatic rings. The number of nitrogens with zero attached hydrogens (tertiary/aromatic N) is 4. The Morgan fingerprint density at radius 3 is 2.68 bits per heavy atom. The summed E-state index contributed by atoms with van der Waals surface area (Å²) in [4.78, 5) is 19.3. The first kappa shape index (κ1) is 20.5. The molecule has 0 atom stereocenters. The molecule has 0 bridgehead atoms. The standard InChI is InChI=1S/C22H23ClN4O3S/c1-25(2)31(29,30)10-9-26-17(12-15-11-16(23)3-4-19(15)26)14-27-20-13-24-8-5-18(20)22(6-7-22)21(27)28/h3-5,8,11-13H,6-7,9-10,14H2,1-2H3. The summed E-state index contributed by atoms with van der Waals surface area (Å²) in [5, 5.41) is 1.53. The van der Waals surface area contributed by atoms with Crippen LogP contribution < -0.4 is 4.90 Å². The monoisotopic (exact) mass is 458 g/mol. The van der Waals surface area contributed by atoms with E-state index in [1.165, 1.54) is 18.4 Å². The number of carbonyl (C=O) groups is 1. The summed E-state index contributed by atoms with van der Waals surface area (Å²) >= 11 is 6.19. The van der Waals surface area contributed by atoms with Crippen LogP contribution in [0.3, 0.4) is 0 Å². The molecule has 31 heavy (non-hydrogen) atoms. The van der Waals surface area contributed by atoms with Crippen molar-refractivity contribution >= 4 is 44.1 Å². The van der Waals surface area contributed by atoms with E-state index in [0.29, 0.717) is 11.6 Å². The highest BCUT2D eigenvalue weighted by Crippen LogP contribution is 2.57. The minimum atomic E-state index is -3.37. The maximum atomic E-state index is 13.3. The van der Waals surface area contributed by atoms with Crippen LogP contribution in [0.5, 0.6) is 0 Å². The zero-order chi connectivity index (χ0) is 22.0. The van der Waals surface area contributed by atoms with Gasteiger partial charge in [0.2, 0.25) is 15.9 Å². The highest BCUT2D eigenvalue weighted by molar-refractivity contribution is 7.89. The van der Waals surface area contributed by atoms with Gasteiger partial charge in [0.1, 0.15) is 0 Å². The fourth-order valence-electron chi connectivity index (χ4n) is 4.50. The minimum Gasteiger partial charge on any atom is -0.342 e. The Hall–Kier alpha value is -2.42. The van der Waals surface area contributed by atoms with Gasteiger partial charge in [-0.2, -0.15) is 0 Å². The van der Waals surface area contributed by atoms with Crippen molar-refractivity contribution in [1.29, 1.82) is 0 Å². The first-order chi connectivity index (χ1) is 14.7. The second-order valence-corrected chi connectivity index (χ2v) is 11.2. The lowest BCUT2D eigenvalue weighted by molar-refractivity contribution is -0.120. The molecule has 1 fully saturated rings. The number of benzene rings is 1. The molecule has 162 valence electrons. The number of anilines is 1. The average molecular weight is 459 g/mol. The molecule has 7 nitrogen and oxygen atoms in total. The van der Waals surface area contributed by atoms with Crippen LogP contribution in [0.25, 0.3) is 10.9 Å². The topological polar surface area (TPSA) is 75.5 Å². The predicted molar refractivity (Wildman–Crippen MR) is 121 cm³/mol. The van der Waals surface area contributed by atoms with Gasteiger partial charge in [0.05, 0.1) is 29.6 Å². The molecule has 1 amide bonds. The number of hydrogen-bond donors (Lipinski definition) is 0. The van der Waals surface area contributed by atoms with Gasteiger partial charge in [-0.1, -0.05) is 11.6 Å². The molecule has 1 saturated carbocycles. The minimum absolute atomic E-state index is 0.0323. The van der Waals surface area contributed by atoms with Gasteiger partial charge in [0.15, 0.2) is 0 Å². The Morgan fingerprint density at radius 2 is 1.97 bits per heavy atom. The Bertz CT molecular complexity index is 1310. The van der Waals surface area contributed by atoms with E-state index >= 15 is 0 Å². The third-order valence-corrected chi connectivity index (χ3v) is 8.46. The third kappa shape index (κ3) is 3.24. The van der Waals surface area contributed by atoms with Crippen molar-refractivity contribution < 1.29 is 13.2 Å². The predicted octanol–water partition coefficient (Wildman–Crippen LogP) is 3.16. The van der Waals surface area contributed by atoms with Crippen LogP contribution in [0.2, 0.25) is 5.02 Å². The van der Waals surface area contributed by atoms with E-state index < -0.39 is 15.4 Å². The van der Waals surface area contributed by atoms with Crippen molar-refractivity contribution in [3.8, 4) is 0 Å². The van der Waals surface area contributed by atoms with Crippen molar-refractivity contribution in [2.75, 3.05) is 24.7 Å².